The summed E-state index contributed by atoms with van der Waals surface area (Å²) in [4.78, 5) is 11.5. The molecule has 0 saturated carbocycles. The van der Waals surface area contributed by atoms with E-state index in [9.17, 15) is 4.79 Å². The molecule has 0 aromatic heterocycles. The summed E-state index contributed by atoms with van der Waals surface area (Å²) < 4.78 is 5.52. The van der Waals surface area contributed by atoms with E-state index in [2.05, 4.69) is 43.9 Å². The largest absolute Gasteiger partial charge is 0.453 e. The molecular formula is C18H21ClO2Si. The average Bonchev–Trinajstić information content (AvgIpc) is 2.45. The van der Waals surface area contributed by atoms with Gasteiger partial charge < -0.3 is 4.74 Å². The molecule has 0 saturated heterocycles. The maximum atomic E-state index is 11.5. The van der Waals surface area contributed by atoms with Crippen LogP contribution in [0, 0.1) is 0 Å². The Hall–Kier alpha value is -1.58. The quantitative estimate of drug-likeness (QED) is 0.607. The van der Waals surface area contributed by atoms with Gasteiger partial charge in [-0.3, -0.25) is 4.79 Å². The summed E-state index contributed by atoms with van der Waals surface area (Å²) in [6.45, 7) is 8.36. The molecule has 0 aliphatic rings. The van der Waals surface area contributed by atoms with Gasteiger partial charge in [-0.2, -0.15) is 0 Å². The molecule has 0 heterocycles. The molecular weight excluding hydrogens is 312 g/mol. The van der Waals surface area contributed by atoms with Gasteiger partial charge in [0.05, 0.1) is 8.07 Å². The summed E-state index contributed by atoms with van der Waals surface area (Å²) in [7, 11) is -1.33. The molecule has 2 rings (SSSR count). The predicted molar refractivity (Wildman–Crippen MR) is 94.5 cm³/mol. The first kappa shape index (κ1) is 16.8. The number of halogens is 1. The minimum Gasteiger partial charge on any atom is -0.453 e. The fourth-order valence-electron chi connectivity index (χ4n) is 2.29. The number of carbonyl (C=O) groups excluding carboxylic acids is 1. The molecule has 0 aliphatic heterocycles. The average molecular weight is 333 g/mol. The Kier molecular flexibility index (Phi) is 5.09. The molecule has 2 aromatic carbocycles. The van der Waals surface area contributed by atoms with Crippen molar-refractivity contribution in [3.05, 3.63) is 64.7 Å². The van der Waals surface area contributed by atoms with Crippen LogP contribution >= 0.6 is 11.6 Å². The Labute approximate surface area is 138 Å². The van der Waals surface area contributed by atoms with Crippen molar-refractivity contribution in [2.75, 3.05) is 0 Å². The van der Waals surface area contributed by atoms with Gasteiger partial charge in [-0.05, 0) is 23.3 Å². The van der Waals surface area contributed by atoms with Gasteiger partial charge in [0.15, 0.2) is 6.10 Å². The third-order valence-electron chi connectivity index (χ3n) is 3.54. The van der Waals surface area contributed by atoms with Gasteiger partial charge in [0, 0.05) is 11.9 Å². The van der Waals surface area contributed by atoms with E-state index < -0.39 is 14.2 Å². The molecule has 0 fully saturated rings. The Morgan fingerprint density at radius 2 is 1.41 bits per heavy atom. The first-order chi connectivity index (χ1) is 10.3. The number of hydrogen-bond donors (Lipinski definition) is 0. The molecule has 1 atom stereocenters. The summed E-state index contributed by atoms with van der Waals surface area (Å²) in [6, 6.07) is 15.8. The van der Waals surface area contributed by atoms with Crippen LogP contribution in [0.3, 0.4) is 0 Å². The fourth-order valence-corrected chi connectivity index (χ4v) is 3.58. The van der Waals surface area contributed by atoms with Gasteiger partial charge >= 0.3 is 5.97 Å². The Bertz CT molecular complexity index is 642. The van der Waals surface area contributed by atoms with E-state index in [4.69, 9.17) is 16.3 Å². The zero-order valence-electron chi connectivity index (χ0n) is 13.4. The molecule has 0 aliphatic carbocycles. The van der Waals surface area contributed by atoms with Crippen LogP contribution in [-0.4, -0.2) is 14.0 Å². The van der Waals surface area contributed by atoms with Crippen LogP contribution in [0.25, 0.3) is 0 Å². The summed E-state index contributed by atoms with van der Waals surface area (Å²) in [5.74, 6) is -0.297. The molecule has 0 radical (unpaired) electrons. The molecule has 0 amide bonds. The first-order valence-corrected chi connectivity index (χ1v) is 11.2. The van der Waals surface area contributed by atoms with Crippen LogP contribution in [-0.2, 0) is 9.53 Å². The van der Waals surface area contributed by atoms with Crippen LogP contribution < -0.4 is 5.19 Å². The summed E-state index contributed by atoms with van der Waals surface area (Å²) in [5, 5.41) is 2.05. The molecule has 4 heteroatoms. The molecule has 116 valence electrons. The third-order valence-corrected chi connectivity index (χ3v) is 5.85. The number of rotatable bonds is 4. The maximum Gasteiger partial charge on any atom is 0.303 e. The topological polar surface area (TPSA) is 26.3 Å². The lowest BCUT2D eigenvalue weighted by molar-refractivity contribution is -0.144. The van der Waals surface area contributed by atoms with Crippen molar-refractivity contribution < 1.29 is 9.53 Å². The Morgan fingerprint density at radius 1 is 0.955 bits per heavy atom. The molecule has 2 nitrogen and oxygen atoms in total. The molecule has 0 unspecified atom stereocenters. The molecule has 0 N–H and O–H groups in total. The number of ether oxygens (including phenoxy) is 1. The van der Waals surface area contributed by atoms with Crippen LogP contribution in [0.1, 0.15) is 24.2 Å². The smallest absolute Gasteiger partial charge is 0.303 e. The highest BCUT2D eigenvalue weighted by atomic mass is 35.5. The fraction of sp³-hybridized carbons (Fsp3) is 0.278. The van der Waals surface area contributed by atoms with E-state index >= 15 is 0 Å². The van der Waals surface area contributed by atoms with Gasteiger partial charge in [-0.25, -0.2) is 0 Å². The van der Waals surface area contributed by atoms with E-state index in [1.807, 2.05) is 24.3 Å². The van der Waals surface area contributed by atoms with Crippen molar-refractivity contribution in [1.82, 2.24) is 0 Å². The summed E-state index contributed by atoms with van der Waals surface area (Å²) in [5.41, 5.74) is 1.89. The highest BCUT2D eigenvalue weighted by molar-refractivity contribution is 6.88. The van der Waals surface area contributed by atoms with E-state index in [1.165, 1.54) is 12.1 Å². The number of hydrogen-bond acceptors (Lipinski definition) is 2. The highest BCUT2D eigenvalue weighted by Gasteiger charge is 2.20. The summed E-state index contributed by atoms with van der Waals surface area (Å²) in [6.07, 6.45) is -0.398. The number of benzene rings is 2. The lowest BCUT2D eigenvalue weighted by Gasteiger charge is -2.21. The Morgan fingerprint density at radius 3 is 1.82 bits per heavy atom. The highest BCUT2D eigenvalue weighted by Crippen LogP contribution is 2.27. The predicted octanol–water partition coefficient (Wildman–Crippen LogP) is 4.54. The third kappa shape index (κ3) is 4.21. The first-order valence-electron chi connectivity index (χ1n) is 7.30. The second-order valence-electron chi connectivity index (χ2n) is 6.41. The van der Waals surface area contributed by atoms with E-state index in [-0.39, 0.29) is 5.97 Å². The maximum absolute atomic E-state index is 11.5. The number of carbonyl (C=O) groups is 1. The van der Waals surface area contributed by atoms with Gasteiger partial charge in [-0.15, -0.1) is 0 Å². The summed E-state index contributed by atoms with van der Waals surface area (Å²) >= 11 is 5.94. The van der Waals surface area contributed by atoms with Gasteiger partial charge in [0.2, 0.25) is 0 Å². The van der Waals surface area contributed by atoms with Gasteiger partial charge in [0.1, 0.15) is 0 Å². The monoisotopic (exact) mass is 332 g/mol. The number of esters is 1. The van der Waals surface area contributed by atoms with Crippen molar-refractivity contribution in [2.45, 2.75) is 32.7 Å². The van der Waals surface area contributed by atoms with Crippen LogP contribution in [0.15, 0.2) is 48.5 Å². The van der Waals surface area contributed by atoms with E-state index in [1.54, 1.807) is 0 Å². The molecule has 22 heavy (non-hydrogen) atoms. The minimum absolute atomic E-state index is 0.297. The zero-order valence-corrected chi connectivity index (χ0v) is 15.1. The molecule has 0 bridgehead atoms. The van der Waals surface area contributed by atoms with Crippen LogP contribution in [0.5, 0.6) is 0 Å². The van der Waals surface area contributed by atoms with Crippen molar-refractivity contribution >= 4 is 30.8 Å². The van der Waals surface area contributed by atoms with Crippen LogP contribution in [0.4, 0.5) is 0 Å². The van der Waals surface area contributed by atoms with E-state index in [0.29, 0.717) is 5.02 Å². The molecule has 2 aromatic rings. The lowest BCUT2D eigenvalue weighted by Crippen LogP contribution is -2.37. The van der Waals surface area contributed by atoms with Crippen molar-refractivity contribution in [3.63, 3.8) is 0 Å². The van der Waals surface area contributed by atoms with E-state index in [0.717, 1.165) is 11.1 Å². The normalized spacial score (nSPS) is 12.8. The lowest BCUT2D eigenvalue weighted by atomic mass is 10.0. The van der Waals surface area contributed by atoms with Gasteiger partial charge in [0.25, 0.3) is 0 Å². The standard InChI is InChI=1S/C18H21ClO2Si/c1-13(20)21-18(14-5-9-16(19)10-6-14)15-7-11-17(12-8-15)22(2,3)4/h5-12,18H,1-4H3/t18-/m1/s1. The van der Waals surface area contributed by atoms with Crippen LogP contribution in [0.2, 0.25) is 24.7 Å². The van der Waals surface area contributed by atoms with Crippen molar-refractivity contribution in [1.29, 1.82) is 0 Å². The second kappa shape index (κ2) is 6.67. The Balaban J connectivity index is 2.37. The molecule has 0 spiro atoms. The zero-order chi connectivity index (χ0) is 16.3. The van der Waals surface area contributed by atoms with Crippen molar-refractivity contribution in [2.24, 2.45) is 0 Å². The van der Waals surface area contributed by atoms with Gasteiger partial charge in [-0.1, -0.05) is 72.8 Å². The van der Waals surface area contributed by atoms with Crippen molar-refractivity contribution in [3.8, 4) is 0 Å². The minimum atomic E-state index is -1.33. The second-order valence-corrected chi connectivity index (χ2v) is 11.9. The SMILES string of the molecule is CC(=O)O[C@H](c1ccc(Cl)cc1)c1ccc([Si](C)(C)C)cc1.